The van der Waals surface area contributed by atoms with Crippen LogP contribution in [0.2, 0.25) is 0 Å². The van der Waals surface area contributed by atoms with E-state index in [0.29, 0.717) is 16.9 Å². The Balaban J connectivity index is 1.50. The van der Waals surface area contributed by atoms with Crippen LogP contribution in [-0.4, -0.2) is 45.7 Å². The van der Waals surface area contributed by atoms with Crippen LogP contribution in [0.1, 0.15) is 13.8 Å². The van der Waals surface area contributed by atoms with Gasteiger partial charge in [0.15, 0.2) is 0 Å². The maximum atomic E-state index is 12.3. The van der Waals surface area contributed by atoms with Gasteiger partial charge in [0.25, 0.3) is 0 Å². The molecule has 156 valence electrons. The van der Waals surface area contributed by atoms with Crippen molar-refractivity contribution in [1.82, 2.24) is 4.90 Å². The fourth-order valence-electron chi connectivity index (χ4n) is 4.26. The van der Waals surface area contributed by atoms with E-state index >= 15 is 0 Å². The zero-order valence-electron chi connectivity index (χ0n) is 16.4. The van der Waals surface area contributed by atoms with Gasteiger partial charge in [0.1, 0.15) is 23.6 Å². The fourth-order valence-corrected chi connectivity index (χ4v) is 4.26. The van der Waals surface area contributed by atoms with E-state index in [1.165, 1.54) is 11.0 Å². The molecule has 0 spiro atoms. The van der Waals surface area contributed by atoms with Crippen LogP contribution in [0.4, 0.5) is 0 Å². The highest BCUT2D eigenvalue weighted by Gasteiger charge is 2.59. The van der Waals surface area contributed by atoms with Crippen LogP contribution in [0.15, 0.2) is 63.0 Å². The van der Waals surface area contributed by atoms with Crippen LogP contribution in [0, 0.1) is 11.8 Å². The van der Waals surface area contributed by atoms with Crippen LogP contribution in [0.25, 0.3) is 11.0 Å². The van der Waals surface area contributed by atoms with Crippen molar-refractivity contribution in [3.8, 4) is 5.75 Å². The summed E-state index contributed by atoms with van der Waals surface area (Å²) in [5.74, 6) is -1.85. The molecule has 4 atom stereocenters. The number of carbonyl (C=O) groups is 2. The molecule has 2 aromatic rings. The van der Waals surface area contributed by atoms with Crippen molar-refractivity contribution in [3.63, 3.8) is 0 Å². The van der Waals surface area contributed by atoms with E-state index in [9.17, 15) is 24.6 Å². The number of fused-ring (bicyclic) bond motifs is 2. The zero-order chi connectivity index (χ0) is 21.6. The molecule has 30 heavy (non-hydrogen) atoms. The van der Waals surface area contributed by atoms with Gasteiger partial charge in [-0.2, -0.15) is 0 Å². The number of aliphatic hydroxyl groups is 1. The number of β-lactam (4-membered cyclic amide) rings is 1. The third-order valence-corrected chi connectivity index (χ3v) is 5.67. The van der Waals surface area contributed by atoms with E-state index in [1.807, 2.05) is 6.92 Å². The molecular weight excluding hydrogens is 390 g/mol. The lowest BCUT2D eigenvalue weighted by Gasteiger charge is -2.46. The molecule has 0 aliphatic carbocycles. The van der Waals surface area contributed by atoms with Crippen molar-refractivity contribution in [1.29, 1.82) is 0 Å². The van der Waals surface area contributed by atoms with Gasteiger partial charge in [-0.25, -0.2) is 9.59 Å². The van der Waals surface area contributed by atoms with Crippen molar-refractivity contribution in [2.24, 2.45) is 11.8 Å². The number of aliphatic hydroxyl groups excluding tert-OH is 1. The SMILES string of the molecule is C[C@@H](O)[C@H]1C(=O)N2C(C(=O)O)=C(/C=C/COc3ccc4ccc(=O)oc4c3)[C@H](C)[C@@H]12. The third-order valence-electron chi connectivity index (χ3n) is 5.67. The minimum atomic E-state index is -1.17. The molecule has 1 aromatic heterocycles. The highest BCUT2D eigenvalue weighted by Crippen LogP contribution is 2.47. The van der Waals surface area contributed by atoms with Gasteiger partial charge in [0.2, 0.25) is 5.91 Å². The van der Waals surface area contributed by atoms with Crippen LogP contribution in [-0.2, 0) is 9.59 Å². The number of allylic oxidation sites excluding steroid dienone is 1. The first-order chi connectivity index (χ1) is 14.3. The molecule has 1 fully saturated rings. The summed E-state index contributed by atoms with van der Waals surface area (Å²) in [5.41, 5.74) is 0.448. The molecule has 1 saturated heterocycles. The summed E-state index contributed by atoms with van der Waals surface area (Å²) in [7, 11) is 0. The predicted octanol–water partition coefficient (Wildman–Crippen LogP) is 1.92. The van der Waals surface area contributed by atoms with Crippen LogP contribution in [0.3, 0.4) is 0 Å². The minimum Gasteiger partial charge on any atom is -0.489 e. The molecule has 0 saturated carbocycles. The van der Waals surface area contributed by atoms with Gasteiger partial charge in [0, 0.05) is 23.4 Å². The molecule has 4 rings (SSSR count). The van der Waals surface area contributed by atoms with Crippen LogP contribution in [0.5, 0.6) is 5.75 Å². The summed E-state index contributed by atoms with van der Waals surface area (Å²) in [4.78, 5) is 36.7. The predicted molar refractivity (Wildman–Crippen MR) is 107 cm³/mol. The summed E-state index contributed by atoms with van der Waals surface area (Å²) in [6.45, 7) is 3.55. The van der Waals surface area contributed by atoms with E-state index in [-0.39, 0.29) is 30.2 Å². The number of carbonyl (C=O) groups excluding carboxylic acids is 1. The first kappa shape index (κ1) is 19.9. The molecule has 8 nitrogen and oxygen atoms in total. The third kappa shape index (κ3) is 3.19. The Hall–Kier alpha value is -3.39. The summed E-state index contributed by atoms with van der Waals surface area (Å²) >= 11 is 0. The Morgan fingerprint density at radius 1 is 1.30 bits per heavy atom. The van der Waals surface area contributed by atoms with E-state index < -0.39 is 23.6 Å². The number of hydrogen-bond acceptors (Lipinski definition) is 6. The number of amides is 1. The smallest absolute Gasteiger partial charge is 0.352 e. The maximum Gasteiger partial charge on any atom is 0.352 e. The topological polar surface area (TPSA) is 117 Å². The number of carboxylic acids is 1. The van der Waals surface area contributed by atoms with Gasteiger partial charge in [0.05, 0.1) is 18.1 Å². The number of carboxylic acid groups (broad SMARTS) is 1. The van der Waals surface area contributed by atoms with Crippen LogP contribution >= 0.6 is 0 Å². The Kier molecular flexibility index (Phi) is 4.95. The Morgan fingerprint density at radius 2 is 2.03 bits per heavy atom. The molecular formula is C22H21NO7. The van der Waals surface area contributed by atoms with Gasteiger partial charge in [-0.3, -0.25) is 4.79 Å². The molecule has 1 aromatic carbocycles. The lowest BCUT2D eigenvalue weighted by Crippen LogP contribution is -2.63. The Bertz CT molecular complexity index is 1140. The summed E-state index contributed by atoms with van der Waals surface area (Å²) in [6, 6.07) is 7.79. The molecule has 0 bridgehead atoms. The normalized spacial score (nSPS) is 24.3. The average molecular weight is 411 g/mol. The quantitative estimate of drug-likeness (QED) is 0.551. The fraction of sp³-hybridized carbons (Fsp3) is 0.318. The van der Waals surface area contributed by atoms with Gasteiger partial charge in [-0.1, -0.05) is 13.0 Å². The average Bonchev–Trinajstić information content (AvgIpc) is 2.93. The monoisotopic (exact) mass is 411 g/mol. The number of nitrogens with zero attached hydrogens (tertiary/aromatic N) is 1. The standard InChI is InChI=1S/C22H21NO7/c1-11-15(20(22(27)28)23-19(11)18(12(2)24)21(23)26)4-3-9-29-14-7-5-13-6-8-17(25)30-16(13)10-14/h3-8,10-12,18-19,24H,9H2,1-2H3,(H,27,28)/b4-3+/t11-,12+,18+,19-/m0/s1. The lowest BCUT2D eigenvalue weighted by molar-refractivity contribution is -0.163. The van der Waals surface area contributed by atoms with Crippen molar-refractivity contribution < 1.29 is 29.0 Å². The van der Waals surface area contributed by atoms with Gasteiger partial charge in [-0.05, 0) is 36.8 Å². The van der Waals surface area contributed by atoms with E-state index in [0.717, 1.165) is 5.39 Å². The molecule has 2 aliphatic heterocycles. The molecule has 0 unspecified atom stereocenters. The highest BCUT2D eigenvalue weighted by molar-refractivity contribution is 6.00. The number of aliphatic carboxylic acids is 1. The zero-order valence-corrected chi connectivity index (χ0v) is 16.4. The second-order valence-corrected chi connectivity index (χ2v) is 7.53. The molecule has 2 aliphatic rings. The van der Waals surface area contributed by atoms with Gasteiger partial charge in [-0.15, -0.1) is 0 Å². The van der Waals surface area contributed by atoms with Crippen molar-refractivity contribution >= 4 is 22.8 Å². The first-order valence-electron chi connectivity index (χ1n) is 9.61. The molecule has 2 N–H and O–H groups in total. The lowest BCUT2D eigenvalue weighted by atomic mass is 9.78. The number of ether oxygens (including phenoxy) is 1. The van der Waals surface area contributed by atoms with Crippen LogP contribution < -0.4 is 10.4 Å². The molecule has 8 heteroatoms. The van der Waals surface area contributed by atoms with E-state index in [4.69, 9.17) is 9.15 Å². The second-order valence-electron chi connectivity index (χ2n) is 7.53. The largest absolute Gasteiger partial charge is 0.489 e. The summed E-state index contributed by atoms with van der Waals surface area (Å²) in [5, 5.41) is 20.3. The maximum absolute atomic E-state index is 12.3. The minimum absolute atomic E-state index is 0.0434. The van der Waals surface area contributed by atoms with Crippen molar-refractivity contribution in [2.75, 3.05) is 6.61 Å². The Labute approximate surface area is 171 Å². The second kappa shape index (κ2) is 7.46. The van der Waals surface area contributed by atoms with Crippen molar-refractivity contribution in [3.05, 3.63) is 64.2 Å². The van der Waals surface area contributed by atoms with E-state index in [1.54, 1.807) is 43.3 Å². The summed E-state index contributed by atoms with van der Waals surface area (Å²) < 4.78 is 10.8. The van der Waals surface area contributed by atoms with Gasteiger partial charge >= 0.3 is 11.6 Å². The number of benzene rings is 1. The molecule has 3 heterocycles. The number of hydrogen-bond donors (Lipinski definition) is 2. The molecule has 0 radical (unpaired) electrons. The van der Waals surface area contributed by atoms with Gasteiger partial charge < -0.3 is 24.3 Å². The number of rotatable bonds is 6. The first-order valence-corrected chi connectivity index (χ1v) is 9.61. The Morgan fingerprint density at radius 3 is 2.73 bits per heavy atom. The van der Waals surface area contributed by atoms with E-state index in [2.05, 4.69) is 0 Å². The summed E-state index contributed by atoms with van der Waals surface area (Å²) in [6.07, 6.45) is 2.49. The molecule has 1 amide bonds. The van der Waals surface area contributed by atoms with Crippen molar-refractivity contribution in [2.45, 2.75) is 26.0 Å². The highest BCUT2D eigenvalue weighted by atomic mass is 16.5.